The zero-order valence-electron chi connectivity index (χ0n) is 8.38. The molecule has 1 saturated heterocycles. The summed E-state index contributed by atoms with van der Waals surface area (Å²) in [6, 6.07) is 0. The van der Waals surface area contributed by atoms with E-state index in [1.165, 1.54) is 0 Å². The van der Waals surface area contributed by atoms with Crippen LogP contribution in [-0.2, 0) is 19.1 Å². The third-order valence-corrected chi connectivity index (χ3v) is 2.38. The second kappa shape index (κ2) is 4.58. The van der Waals surface area contributed by atoms with Crippen molar-refractivity contribution in [3.8, 4) is 0 Å². The number of hydrogen-bond acceptors (Lipinski definition) is 5. The molecule has 0 spiro atoms. The first-order chi connectivity index (χ1) is 7.38. The summed E-state index contributed by atoms with van der Waals surface area (Å²) in [7, 11) is 0. The predicted octanol–water partition coefficient (Wildman–Crippen LogP) is -0.975. The van der Waals surface area contributed by atoms with Crippen molar-refractivity contribution >= 4 is 17.7 Å². The molecule has 0 saturated carbocycles. The van der Waals surface area contributed by atoms with E-state index < -0.39 is 35.8 Å². The zero-order valence-corrected chi connectivity index (χ0v) is 8.38. The van der Waals surface area contributed by atoms with Crippen molar-refractivity contribution < 1.29 is 34.4 Å². The van der Waals surface area contributed by atoms with Gasteiger partial charge in [0, 0.05) is 19.4 Å². The highest BCUT2D eigenvalue weighted by molar-refractivity contribution is 5.93. The molecule has 0 aliphatic carbocycles. The van der Waals surface area contributed by atoms with Crippen LogP contribution < -0.4 is 0 Å². The fourth-order valence-electron chi connectivity index (χ4n) is 1.55. The van der Waals surface area contributed by atoms with Gasteiger partial charge in [0.25, 0.3) is 0 Å². The first-order valence-corrected chi connectivity index (χ1v) is 4.70. The molecule has 1 heterocycles. The summed E-state index contributed by atoms with van der Waals surface area (Å²) in [4.78, 5) is 32.9. The molecule has 0 amide bonds. The minimum absolute atomic E-state index is 0.0711. The number of hydrogen-bond donors (Lipinski definition) is 3. The second-order valence-electron chi connectivity index (χ2n) is 3.64. The van der Waals surface area contributed by atoms with E-state index in [1.54, 1.807) is 0 Å². The highest BCUT2D eigenvalue weighted by Crippen LogP contribution is 2.23. The van der Waals surface area contributed by atoms with E-state index in [4.69, 9.17) is 14.9 Å². The van der Waals surface area contributed by atoms with Crippen LogP contribution in [0.25, 0.3) is 0 Å². The molecule has 0 unspecified atom stereocenters. The Morgan fingerprint density at radius 1 is 1.38 bits per heavy atom. The lowest BCUT2D eigenvalue weighted by atomic mass is 9.88. The minimum atomic E-state index is -2.69. The maximum Gasteiger partial charge on any atom is 0.339 e. The monoisotopic (exact) mass is 232 g/mol. The molecule has 0 aromatic carbocycles. The average molecular weight is 232 g/mol. The van der Waals surface area contributed by atoms with E-state index in [0.717, 1.165) is 0 Å². The van der Waals surface area contributed by atoms with Gasteiger partial charge in [-0.05, 0) is 6.42 Å². The fraction of sp³-hybridized carbons (Fsp3) is 0.667. The van der Waals surface area contributed by atoms with Crippen molar-refractivity contribution in [1.82, 2.24) is 0 Å². The predicted molar refractivity (Wildman–Crippen MR) is 48.8 cm³/mol. The Labute approximate surface area is 90.6 Å². The Hall–Kier alpha value is -1.47. The maximum atomic E-state index is 11.3. The summed E-state index contributed by atoms with van der Waals surface area (Å²) in [5.41, 5.74) is -2.69. The number of carboxylic acids is 2. The highest BCUT2D eigenvalue weighted by Gasteiger charge is 2.51. The molecule has 0 aromatic rings. The molecule has 1 aliphatic heterocycles. The van der Waals surface area contributed by atoms with Crippen LogP contribution in [0.1, 0.15) is 19.3 Å². The van der Waals surface area contributed by atoms with Crippen molar-refractivity contribution in [3.05, 3.63) is 0 Å². The molecular formula is C9H12O7. The van der Waals surface area contributed by atoms with Gasteiger partial charge in [-0.25, -0.2) is 9.59 Å². The van der Waals surface area contributed by atoms with Crippen LogP contribution >= 0.6 is 0 Å². The van der Waals surface area contributed by atoms with Gasteiger partial charge >= 0.3 is 11.9 Å². The highest BCUT2D eigenvalue weighted by atomic mass is 16.5. The second-order valence-corrected chi connectivity index (χ2v) is 3.64. The van der Waals surface area contributed by atoms with Gasteiger partial charge in [0.1, 0.15) is 5.78 Å². The Morgan fingerprint density at radius 3 is 2.50 bits per heavy atom. The van der Waals surface area contributed by atoms with Crippen LogP contribution in [-0.4, -0.2) is 51.4 Å². The summed E-state index contributed by atoms with van der Waals surface area (Å²) in [5, 5.41) is 27.3. The Kier molecular flexibility index (Phi) is 3.61. The number of carbonyl (C=O) groups is 3. The lowest BCUT2D eigenvalue weighted by molar-refractivity contribution is -0.193. The van der Waals surface area contributed by atoms with Gasteiger partial charge in [-0.3, -0.25) is 4.79 Å². The Morgan fingerprint density at radius 2 is 2.00 bits per heavy atom. The Balaban J connectivity index is 3.04. The van der Waals surface area contributed by atoms with Gasteiger partial charge < -0.3 is 20.1 Å². The summed E-state index contributed by atoms with van der Waals surface area (Å²) in [6.45, 7) is -0.0711. The SMILES string of the molecule is O=C1CCCO[C@H](C(=O)O)[C@](O)(C(=O)O)C1. The zero-order chi connectivity index (χ0) is 12.3. The maximum absolute atomic E-state index is 11.3. The minimum Gasteiger partial charge on any atom is -0.479 e. The molecule has 1 aliphatic rings. The lowest BCUT2D eigenvalue weighted by Crippen LogP contribution is -2.56. The number of ether oxygens (including phenoxy) is 1. The fourth-order valence-corrected chi connectivity index (χ4v) is 1.55. The number of ketones is 1. The third-order valence-electron chi connectivity index (χ3n) is 2.38. The third kappa shape index (κ3) is 2.37. The van der Waals surface area contributed by atoms with E-state index in [0.29, 0.717) is 6.42 Å². The first kappa shape index (κ1) is 12.6. The van der Waals surface area contributed by atoms with E-state index in [9.17, 15) is 19.5 Å². The molecule has 7 nitrogen and oxygen atoms in total. The smallest absolute Gasteiger partial charge is 0.339 e. The van der Waals surface area contributed by atoms with Gasteiger partial charge in [0.15, 0.2) is 6.10 Å². The van der Waals surface area contributed by atoms with Crippen LogP contribution in [0.15, 0.2) is 0 Å². The van der Waals surface area contributed by atoms with Gasteiger partial charge in [-0.2, -0.15) is 0 Å². The van der Waals surface area contributed by atoms with E-state index in [-0.39, 0.29) is 13.0 Å². The summed E-state index contributed by atoms with van der Waals surface area (Å²) >= 11 is 0. The number of Topliss-reactive ketones (excluding diaryl/α,β-unsaturated/α-hetero) is 1. The van der Waals surface area contributed by atoms with Crippen molar-refractivity contribution in [1.29, 1.82) is 0 Å². The van der Waals surface area contributed by atoms with Crippen molar-refractivity contribution in [2.75, 3.05) is 6.61 Å². The largest absolute Gasteiger partial charge is 0.479 e. The molecule has 16 heavy (non-hydrogen) atoms. The van der Waals surface area contributed by atoms with Crippen LogP contribution in [0.2, 0.25) is 0 Å². The van der Waals surface area contributed by atoms with E-state index in [2.05, 4.69) is 0 Å². The van der Waals surface area contributed by atoms with Crippen LogP contribution in [0.3, 0.4) is 0 Å². The molecular weight excluding hydrogens is 220 g/mol. The first-order valence-electron chi connectivity index (χ1n) is 4.70. The molecule has 1 fully saturated rings. The molecule has 90 valence electrons. The quantitative estimate of drug-likeness (QED) is 0.559. The van der Waals surface area contributed by atoms with Crippen LogP contribution in [0.5, 0.6) is 0 Å². The topological polar surface area (TPSA) is 121 Å². The summed E-state index contributed by atoms with van der Waals surface area (Å²) in [5.74, 6) is -3.85. The molecule has 7 heteroatoms. The summed E-state index contributed by atoms with van der Waals surface area (Å²) in [6.07, 6.45) is -2.28. The van der Waals surface area contributed by atoms with E-state index in [1.807, 2.05) is 0 Å². The number of aliphatic carboxylic acids is 2. The number of aliphatic hydroxyl groups is 1. The molecule has 0 radical (unpaired) electrons. The van der Waals surface area contributed by atoms with Crippen molar-refractivity contribution in [3.63, 3.8) is 0 Å². The van der Waals surface area contributed by atoms with Gasteiger partial charge in [0.2, 0.25) is 5.60 Å². The van der Waals surface area contributed by atoms with Crippen LogP contribution in [0, 0.1) is 0 Å². The number of rotatable bonds is 2. The average Bonchev–Trinajstić information content (AvgIpc) is 2.13. The molecule has 1 rings (SSSR count). The number of carboxylic acid groups (broad SMARTS) is 2. The van der Waals surface area contributed by atoms with Gasteiger partial charge in [0.05, 0.1) is 0 Å². The van der Waals surface area contributed by atoms with Crippen LogP contribution in [0.4, 0.5) is 0 Å². The standard InChI is InChI=1S/C9H12O7/c10-5-2-1-3-16-6(7(11)12)9(15,4-5)8(13)14/h6,15H,1-4H2,(H,11,12)(H,13,14)/t6-,9+/m1/s1. The van der Waals surface area contributed by atoms with E-state index >= 15 is 0 Å². The molecule has 2 atom stereocenters. The van der Waals surface area contributed by atoms with Gasteiger partial charge in [-0.15, -0.1) is 0 Å². The molecule has 0 aromatic heterocycles. The lowest BCUT2D eigenvalue weighted by Gasteiger charge is -2.30. The summed E-state index contributed by atoms with van der Waals surface area (Å²) < 4.78 is 4.79. The molecule has 0 bridgehead atoms. The van der Waals surface area contributed by atoms with Crippen molar-refractivity contribution in [2.24, 2.45) is 0 Å². The van der Waals surface area contributed by atoms with Gasteiger partial charge in [-0.1, -0.05) is 0 Å². The Bertz CT molecular complexity index is 322. The molecule has 3 N–H and O–H groups in total. The van der Waals surface area contributed by atoms with Crippen molar-refractivity contribution in [2.45, 2.75) is 31.0 Å². The normalized spacial score (nSPS) is 31.6. The number of carbonyl (C=O) groups excluding carboxylic acids is 1.